The Kier molecular flexibility index (Phi) is 4.74. The summed E-state index contributed by atoms with van der Waals surface area (Å²) in [5.41, 5.74) is 0.289. The minimum atomic E-state index is -0.180. The van der Waals surface area contributed by atoms with Gasteiger partial charge in [-0.1, -0.05) is 32.9 Å². The van der Waals surface area contributed by atoms with E-state index < -0.39 is 0 Å². The van der Waals surface area contributed by atoms with E-state index in [1.807, 2.05) is 25.7 Å². The van der Waals surface area contributed by atoms with Gasteiger partial charge in [0.15, 0.2) is 0 Å². The van der Waals surface area contributed by atoms with Gasteiger partial charge in [-0.25, -0.2) is 0 Å². The number of amides is 2. The van der Waals surface area contributed by atoms with E-state index in [2.05, 4.69) is 0 Å². The summed E-state index contributed by atoms with van der Waals surface area (Å²) >= 11 is 0. The number of hydrogen-bond acceptors (Lipinski definition) is 3. The second-order valence-electron chi connectivity index (χ2n) is 6.93. The Hall–Kier alpha value is -2.04. The lowest BCUT2D eigenvalue weighted by Crippen LogP contribution is -2.51. The highest BCUT2D eigenvalue weighted by molar-refractivity contribution is 5.97. The van der Waals surface area contributed by atoms with Crippen LogP contribution in [0.2, 0.25) is 0 Å². The smallest absolute Gasteiger partial charge is 0.257 e. The molecule has 1 aliphatic heterocycles. The molecular formula is C17H24N2O3. The largest absolute Gasteiger partial charge is 0.507 e. The molecule has 0 unspecified atom stereocenters. The monoisotopic (exact) mass is 304 g/mol. The first-order valence-electron chi connectivity index (χ1n) is 7.63. The molecule has 1 N–H and O–H groups in total. The Bertz CT molecular complexity index is 555. The summed E-state index contributed by atoms with van der Waals surface area (Å²) in [5.74, 6) is -0.0399. The van der Waals surface area contributed by atoms with Crippen molar-refractivity contribution in [2.75, 3.05) is 26.2 Å². The van der Waals surface area contributed by atoms with Crippen molar-refractivity contribution in [3.05, 3.63) is 29.8 Å². The van der Waals surface area contributed by atoms with E-state index in [1.165, 1.54) is 6.07 Å². The summed E-state index contributed by atoms with van der Waals surface area (Å²) in [6.45, 7) is 8.24. The first kappa shape index (κ1) is 16.3. The number of piperazine rings is 1. The van der Waals surface area contributed by atoms with Gasteiger partial charge < -0.3 is 14.9 Å². The van der Waals surface area contributed by atoms with Gasteiger partial charge in [-0.2, -0.15) is 0 Å². The Morgan fingerprint density at radius 1 is 1.05 bits per heavy atom. The summed E-state index contributed by atoms with van der Waals surface area (Å²) in [4.78, 5) is 28.1. The molecule has 0 aliphatic carbocycles. The fourth-order valence-electron chi connectivity index (χ4n) is 2.55. The highest BCUT2D eigenvalue weighted by Crippen LogP contribution is 2.22. The van der Waals surface area contributed by atoms with Crippen LogP contribution in [0.1, 0.15) is 37.6 Å². The van der Waals surface area contributed by atoms with Crippen LogP contribution in [0.3, 0.4) is 0 Å². The van der Waals surface area contributed by atoms with Crippen LogP contribution in [0.5, 0.6) is 5.75 Å². The zero-order valence-electron chi connectivity index (χ0n) is 13.5. The zero-order chi connectivity index (χ0) is 16.3. The molecular weight excluding hydrogens is 280 g/mol. The Morgan fingerprint density at radius 2 is 1.59 bits per heavy atom. The summed E-state index contributed by atoms with van der Waals surface area (Å²) in [7, 11) is 0. The lowest BCUT2D eigenvalue weighted by Gasteiger charge is -2.36. The summed E-state index contributed by atoms with van der Waals surface area (Å²) < 4.78 is 0. The number of carbonyl (C=O) groups excluding carboxylic acids is 2. The maximum absolute atomic E-state index is 12.4. The average Bonchev–Trinajstić information content (AvgIpc) is 2.45. The van der Waals surface area contributed by atoms with Crippen molar-refractivity contribution in [3.63, 3.8) is 0 Å². The van der Waals surface area contributed by atoms with Crippen LogP contribution < -0.4 is 0 Å². The zero-order valence-corrected chi connectivity index (χ0v) is 13.5. The van der Waals surface area contributed by atoms with E-state index in [4.69, 9.17) is 0 Å². The topological polar surface area (TPSA) is 60.9 Å². The van der Waals surface area contributed by atoms with E-state index in [-0.39, 0.29) is 23.0 Å². The normalized spacial score (nSPS) is 15.8. The number of benzene rings is 1. The molecule has 1 heterocycles. The minimum Gasteiger partial charge on any atom is -0.507 e. The van der Waals surface area contributed by atoms with Gasteiger partial charge in [-0.05, 0) is 17.5 Å². The van der Waals surface area contributed by atoms with Crippen molar-refractivity contribution in [2.24, 2.45) is 5.41 Å². The van der Waals surface area contributed by atoms with Crippen LogP contribution in [-0.2, 0) is 4.79 Å². The van der Waals surface area contributed by atoms with Gasteiger partial charge in [0, 0.05) is 32.6 Å². The van der Waals surface area contributed by atoms with Crippen LogP contribution in [0.15, 0.2) is 24.3 Å². The van der Waals surface area contributed by atoms with Crippen LogP contribution in [0, 0.1) is 5.41 Å². The predicted octanol–water partition coefficient (Wildman–Crippen LogP) is 2.11. The van der Waals surface area contributed by atoms with E-state index >= 15 is 0 Å². The quantitative estimate of drug-likeness (QED) is 0.910. The molecule has 0 radical (unpaired) electrons. The highest BCUT2D eigenvalue weighted by Gasteiger charge is 2.27. The number of nitrogens with zero attached hydrogens (tertiary/aromatic N) is 2. The van der Waals surface area contributed by atoms with Crippen molar-refractivity contribution in [1.29, 1.82) is 0 Å². The summed E-state index contributed by atoms with van der Waals surface area (Å²) in [5, 5.41) is 9.77. The molecule has 22 heavy (non-hydrogen) atoms. The molecule has 2 rings (SSSR count). The fraction of sp³-hybridized carbons (Fsp3) is 0.529. The number of phenols is 1. The lowest BCUT2D eigenvalue weighted by atomic mass is 9.91. The molecule has 0 saturated carbocycles. The van der Waals surface area contributed by atoms with E-state index in [1.54, 1.807) is 23.1 Å². The Labute approximate surface area is 131 Å². The second-order valence-corrected chi connectivity index (χ2v) is 6.93. The molecule has 0 atom stereocenters. The second kappa shape index (κ2) is 6.38. The van der Waals surface area contributed by atoms with E-state index in [0.29, 0.717) is 38.2 Å². The van der Waals surface area contributed by atoms with Crippen LogP contribution in [-0.4, -0.2) is 52.9 Å². The molecule has 0 spiro atoms. The van der Waals surface area contributed by atoms with Gasteiger partial charge in [-0.15, -0.1) is 0 Å². The molecule has 1 aromatic rings. The number of carbonyl (C=O) groups is 2. The molecule has 2 amide bonds. The molecule has 1 aromatic carbocycles. The van der Waals surface area contributed by atoms with Crippen LogP contribution in [0.25, 0.3) is 0 Å². The standard InChI is InChI=1S/C17H24N2O3/c1-17(2,3)12-15(21)18-8-10-19(11-9-18)16(22)13-6-4-5-7-14(13)20/h4-7,20H,8-12H2,1-3H3. The average molecular weight is 304 g/mol. The first-order valence-corrected chi connectivity index (χ1v) is 7.63. The van der Waals surface area contributed by atoms with Gasteiger partial charge in [-0.3, -0.25) is 9.59 Å². The molecule has 0 aromatic heterocycles. The molecule has 5 heteroatoms. The van der Waals surface area contributed by atoms with Crippen molar-refractivity contribution in [1.82, 2.24) is 9.80 Å². The van der Waals surface area contributed by atoms with Crippen LogP contribution >= 0.6 is 0 Å². The lowest BCUT2D eigenvalue weighted by molar-refractivity contribution is -0.134. The summed E-state index contributed by atoms with van der Waals surface area (Å²) in [6.07, 6.45) is 0.514. The van der Waals surface area contributed by atoms with Gasteiger partial charge in [0.1, 0.15) is 5.75 Å². The number of para-hydroxylation sites is 1. The molecule has 0 bridgehead atoms. The number of hydrogen-bond donors (Lipinski definition) is 1. The fourth-order valence-corrected chi connectivity index (χ4v) is 2.55. The Morgan fingerprint density at radius 3 is 2.14 bits per heavy atom. The SMILES string of the molecule is CC(C)(C)CC(=O)N1CCN(C(=O)c2ccccc2O)CC1. The van der Waals surface area contributed by atoms with E-state index in [9.17, 15) is 14.7 Å². The van der Waals surface area contributed by atoms with Crippen molar-refractivity contribution >= 4 is 11.8 Å². The maximum atomic E-state index is 12.4. The number of rotatable bonds is 2. The van der Waals surface area contributed by atoms with Crippen molar-refractivity contribution in [2.45, 2.75) is 27.2 Å². The van der Waals surface area contributed by atoms with Crippen molar-refractivity contribution in [3.8, 4) is 5.75 Å². The maximum Gasteiger partial charge on any atom is 0.257 e. The first-order chi connectivity index (χ1) is 10.3. The van der Waals surface area contributed by atoms with Gasteiger partial charge in [0.2, 0.25) is 5.91 Å². The molecule has 5 nitrogen and oxygen atoms in total. The van der Waals surface area contributed by atoms with Gasteiger partial charge in [0.25, 0.3) is 5.91 Å². The minimum absolute atomic E-state index is 0.00117. The molecule has 1 aliphatic rings. The van der Waals surface area contributed by atoms with Gasteiger partial charge >= 0.3 is 0 Å². The van der Waals surface area contributed by atoms with Gasteiger partial charge in [0.05, 0.1) is 5.56 Å². The third kappa shape index (κ3) is 4.00. The number of phenolic OH excluding ortho intramolecular Hbond substituents is 1. The summed E-state index contributed by atoms with van der Waals surface area (Å²) in [6, 6.07) is 6.55. The van der Waals surface area contributed by atoms with Crippen LogP contribution in [0.4, 0.5) is 0 Å². The molecule has 1 fully saturated rings. The molecule has 120 valence electrons. The highest BCUT2D eigenvalue weighted by atomic mass is 16.3. The van der Waals surface area contributed by atoms with Crippen molar-refractivity contribution < 1.29 is 14.7 Å². The molecule has 1 saturated heterocycles. The third-order valence-corrected chi connectivity index (χ3v) is 3.74. The number of aromatic hydroxyl groups is 1. The van der Waals surface area contributed by atoms with E-state index in [0.717, 1.165) is 0 Å². The third-order valence-electron chi connectivity index (χ3n) is 3.74. The Balaban J connectivity index is 1.94. The predicted molar refractivity (Wildman–Crippen MR) is 84.7 cm³/mol.